The normalized spacial score (nSPS) is 44.3. The van der Waals surface area contributed by atoms with E-state index in [-0.39, 0.29) is 36.6 Å². The van der Waals surface area contributed by atoms with Gasteiger partial charge in [0.25, 0.3) is 0 Å². The van der Waals surface area contributed by atoms with Crippen LogP contribution in [0.2, 0.25) is 0 Å². The Morgan fingerprint density at radius 2 is 0.867 bits per heavy atom. The second kappa shape index (κ2) is 7.49. The van der Waals surface area contributed by atoms with Crippen molar-refractivity contribution < 1.29 is 37.9 Å². The minimum absolute atomic E-state index is 0.211. The quantitative estimate of drug-likeness (QED) is 0.633. The summed E-state index contributed by atoms with van der Waals surface area (Å²) in [5.41, 5.74) is 0. The van der Waals surface area contributed by atoms with Crippen LogP contribution in [0, 0.1) is 0 Å². The maximum atomic E-state index is 6.15. The molecule has 0 radical (unpaired) electrons. The van der Waals surface area contributed by atoms with Crippen LogP contribution in [0.5, 0.6) is 0 Å². The summed E-state index contributed by atoms with van der Waals surface area (Å²) in [6, 6.07) is 0. The van der Waals surface area contributed by atoms with E-state index in [1.54, 1.807) is 0 Å². The third-order valence-corrected chi connectivity index (χ3v) is 5.61. The number of hydrogen-bond donors (Lipinski definition) is 0. The van der Waals surface area contributed by atoms with Crippen molar-refractivity contribution in [3.8, 4) is 0 Å². The fraction of sp³-hybridized carbons (Fsp3) is 0.909. The molecule has 4 saturated heterocycles. The lowest BCUT2D eigenvalue weighted by molar-refractivity contribution is -0.174. The molecule has 0 aromatic rings. The van der Waals surface area contributed by atoms with Crippen molar-refractivity contribution >= 4 is 0 Å². The molecule has 0 spiro atoms. The average molecular weight is 429 g/mol. The summed E-state index contributed by atoms with van der Waals surface area (Å²) in [4.78, 5) is 0. The Hall–Kier alpha value is -0.580. The van der Waals surface area contributed by atoms with Gasteiger partial charge in [0.2, 0.25) is 0 Å². The molecule has 4 heterocycles. The Bertz CT molecular complexity index is 614. The second-order valence-corrected chi connectivity index (χ2v) is 10.2. The molecule has 0 amide bonds. The van der Waals surface area contributed by atoms with E-state index in [0.29, 0.717) is 13.2 Å². The van der Waals surface area contributed by atoms with Crippen LogP contribution < -0.4 is 0 Å². The van der Waals surface area contributed by atoms with Crippen LogP contribution >= 0.6 is 0 Å². The zero-order valence-electron chi connectivity index (χ0n) is 19.3. The molecule has 6 atom stereocenters. The molecule has 4 aliphatic rings. The lowest BCUT2D eigenvalue weighted by Crippen LogP contribution is -2.39. The van der Waals surface area contributed by atoms with Gasteiger partial charge in [0.15, 0.2) is 23.1 Å². The standard InChI is InChI=1S/C22H36O8/c1-19(2)23-11-15(27-19)17-13(25-21(5,6)29-17)9-10-14-18(30-22(7,8)26-14)16-12-24-20(3,4)28-16/h9-10,13-18H,11-12H2,1-8H3/b10-9-/t13-,14-,15-,16-,17+,18+/m1/s1. The predicted molar refractivity (Wildman–Crippen MR) is 107 cm³/mol. The summed E-state index contributed by atoms with van der Waals surface area (Å²) < 4.78 is 48.1. The van der Waals surface area contributed by atoms with Crippen molar-refractivity contribution in [2.24, 2.45) is 0 Å². The van der Waals surface area contributed by atoms with E-state index >= 15 is 0 Å². The topological polar surface area (TPSA) is 73.8 Å². The van der Waals surface area contributed by atoms with Crippen LogP contribution in [0.3, 0.4) is 0 Å². The second-order valence-electron chi connectivity index (χ2n) is 10.2. The maximum absolute atomic E-state index is 6.15. The van der Waals surface area contributed by atoms with Crippen LogP contribution in [0.25, 0.3) is 0 Å². The third kappa shape index (κ3) is 4.91. The molecular formula is C22H36O8. The van der Waals surface area contributed by atoms with Crippen molar-refractivity contribution in [3.63, 3.8) is 0 Å². The largest absolute Gasteiger partial charge is 0.348 e. The van der Waals surface area contributed by atoms with Crippen LogP contribution in [-0.2, 0) is 37.9 Å². The zero-order chi connectivity index (χ0) is 21.9. The molecule has 0 aliphatic carbocycles. The molecule has 0 N–H and O–H groups in total. The van der Waals surface area contributed by atoms with Crippen LogP contribution in [-0.4, -0.2) is 73.0 Å². The first-order chi connectivity index (χ1) is 13.7. The molecule has 0 aromatic heterocycles. The molecule has 8 nitrogen and oxygen atoms in total. The molecule has 172 valence electrons. The minimum Gasteiger partial charge on any atom is -0.348 e. The van der Waals surface area contributed by atoms with Gasteiger partial charge in [-0.3, -0.25) is 0 Å². The summed E-state index contributed by atoms with van der Waals surface area (Å²) in [6.07, 6.45) is 2.39. The average Bonchev–Trinajstić information content (AvgIpc) is 3.29. The summed E-state index contributed by atoms with van der Waals surface area (Å²) in [5.74, 6) is -2.68. The van der Waals surface area contributed by atoms with E-state index in [4.69, 9.17) is 37.9 Å². The van der Waals surface area contributed by atoms with E-state index in [2.05, 4.69) is 0 Å². The fourth-order valence-corrected chi connectivity index (χ4v) is 4.48. The lowest BCUT2D eigenvalue weighted by Gasteiger charge is -2.24. The van der Waals surface area contributed by atoms with Gasteiger partial charge in [0.05, 0.1) is 13.2 Å². The van der Waals surface area contributed by atoms with Crippen LogP contribution in [0.15, 0.2) is 12.2 Å². The van der Waals surface area contributed by atoms with E-state index in [0.717, 1.165) is 0 Å². The maximum Gasteiger partial charge on any atom is 0.164 e. The zero-order valence-corrected chi connectivity index (χ0v) is 19.3. The molecule has 0 aromatic carbocycles. The monoisotopic (exact) mass is 428 g/mol. The Morgan fingerprint density at radius 1 is 0.500 bits per heavy atom. The van der Waals surface area contributed by atoms with E-state index in [9.17, 15) is 0 Å². The first-order valence-corrected chi connectivity index (χ1v) is 10.8. The molecule has 30 heavy (non-hydrogen) atoms. The fourth-order valence-electron chi connectivity index (χ4n) is 4.48. The molecule has 8 heteroatoms. The smallest absolute Gasteiger partial charge is 0.164 e. The molecule has 4 fully saturated rings. The highest BCUT2D eigenvalue weighted by Gasteiger charge is 2.51. The Balaban J connectivity index is 1.48. The van der Waals surface area contributed by atoms with Gasteiger partial charge >= 0.3 is 0 Å². The van der Waals surface area contributed by atoms with E-state index in [1.165, 1.54) is 0 Å². The third-order valence-electron chi connectivity index (χ3n) is 5.61. The Kier molecular flexibility index (Phi) is 5.64. The lowest BCUT2D eigenvalue weighted by atomic mass is 10.0. The highest BCUT2D eigenvalue weighted by Crippen LogP contribution is 2.38. The molecule has 4 rings (SSSR count). The minimum atomic E-state index is -0.714. The highest BCUT2D eigenvalue weighted by atomic mass is 16.8. The SMILES string of the molecule is CC1(C)O[C@H]([C@H]2COC(C)(C)O2)[C@@H](/C=C\[C@H]2OC(C)(C)O[C@@H]2[C@H]2COC(C)(C)O2)O1. The van der Waals surface area contributed by atoms with Crippen molar-refractivity contribution in [2.75, 3.05) is 13.2 Å². The number of rotatable bonds is 4. The van der Waals surface area contributed by atoms with Gasteiger partial charge in [-0.25, -0.2) is 0 Å². The Labute approximate surface area is 179 Å². The Morgan fingerprint density at radius 3 is 1.17 bits per heavy atom. The molecule has 4 aliphatic heterocycles. The van der Waals surface area contributed by atoms with Crippen molar-refractivity contribution in [3.05, 3.63) is 12.2 Å². The molecular weight excluding hydrogens is 392 g/mol. The van der Waals surface area contributed by atoms with Gasteiger partial charge in [0.1, 0.15) is 36.6 Å². The first-order valence-electron chi connectivity index (χ1n) is 10.8. The highest BCUT2D eigenvalue weighted by molar-refractivity contribution is 5.08. The van der Waals surface area contributed by atoms with Crippen molar-refractivity contribution in [1.29, 1.82) is 0 Å². The number of ether oxygens (including phenoxy) is 8. The summed E-state index contributed by atoms with van der Waals surface area (Å²) >= 11 is 0. The van der Waals surface area contributed by atoms with Gasteiger partial charge in [-0.1, -0.05) is 12.2 Å². The van der Waals surface area contributed by atoms with Crippen LogP contribution in [0.4, 0.5) is 0 Å². The van der Waals surface area contributed by atoms with Gasteiger partial charge in [-0.15, -0.1) is 0 Å². The van der Waals surface area contributed by atoms with Crippen molar-refractivity contribution in [2.45, 2.75) is 115 Å². The number of hydrogen-bond acceptors (Lipinski definition) is 8. The van der Waals surface area contributed by atoms with Gasteiger partial charge in [-0.2, -0.15) is 0 Å². The first kappa shape index (κ1) is 22.6. The summed E-state index contributed by atoms with van der Waals surface area (Å²) in [5, 5.41) is 0. The molecule has 0 unspecified atom stereocenters. The summed E-state index contributed by atoms with van der Waals surface area (Å²) in [7, 11) is 0. The molecule has 0 bridgehead atoms. The molecule has 0 saturated carbocycles. The van der Waals surface area contributed by atoms with E-state index < -0.39 is 23.1 Å². The van der Waals surface area contributed by atoms with E-state index in [1.807, 2.05) is 67.5 Å². The van der Waals surface area contributed by atoms with Gasteiger partial charge in [0, 0.05) is 0 Å². The van der Waals surface area contributed by atoms with Gasteiger partial charge in [-0.05, 0) is 55.4 Å². The van der Waals surface area contributed by atoms with Gasteiger partial charge < -0.3 is 37.9 Å². The van der Waals surface area contributed by atoms with Crippen molar-refractivity contribution in [1.82, 2.24) is 0 Å². The summed E-state index contributed by atoms with van der Waals surface area (Å²) in [6.45, 7) is 16.2. The predicted octanol–water partition coefficient (Wildman–Crippen LogP) is 2.89. The van der Waals surface area contributed by atoms with Crippen LogP contribution in [0.1, 0.15) is 55.4 Å².